The van der Waals surface area contributed by atoms with Crippen LogP contribution in [0.3, 0.4) is 0 Å². The molecule has 0 aromatic carbocycles. The van der Waals surface area contributed by atoms with E-state index in [0.29, 0.717) is 30.5 Å². The number of ether oxygens (including phenoxy) is 1. The molecule has 1 unspecified atom stereocenters. The molecule has 1 amide bonds. The molecule has 0 saturated carbocycles. The summed E-state index contributed by atoms with van der Waals surface area (Å²) < 4.78 is 5.32. The van der Waals surface area contributed by atoms with Gasteiger partial charge in [-0.25, -0.2) is 4.98 Å². The highest BCUT2D eigenvalue weighted by Gasteiger charge is 2.26. The second-order valence-electron chi connectivity index (χ2n) is 4.28. The standard InChI is InChI=1S/C11H15N3O4S/c12-11-13-7(6-19-11)3-9(15)14-1-2-18-8(5-14)4-10(16)17/h6,8H,1-5H2,(H2,12,13)(H,16,17). The number of nitrogens with two attached hydrogens (primary N) is 1. The molecule has 7 nitrogen and oxygen atoms in total. The van der Waals surface area contributed by atoms with Crippen molar-refractivity contribution in [1.29, 1.82) is 0 Å². The van der Waals surface area contributed by atoms with E-state index >= 15 is 0 Å². The molecule has 2 rings (SSSR count). The molecule has 2 heterocycles. The second-order valence-corrected chi connectivity index (χ2v) is 5.17. The predicted octanol–water partition coefficient (Wildman–Crippen LogP) is -0.0301. The van der Waals surface area contributed by atoms with Crippen LogP contribution in [0.25, 0.3) is 0 Å². The van der Waals surface area contributed by atoms with Crippen LogP contribution in [-0.4, -0.2) is 52.7 Å². The maximum Gasteiger partial charge on any atom is 0.306 e. The average Bonchev–Trinajstić information content (AvgIpc) is 2.74. The fourth-order valence-corrected chi connectivity index (χ4v) is 2.50. The van der Waals surface area contributed by atoms with Crippen molar-refractivity contribution in [3.63, 3.8) is 0 Å². The van der Waals surface area contributed by atoms with Crippen molar-refractivity contribution in [3.8, 4) is 0 Å². The predicted molar refractivity (Wildman–Crippen MR) is 68.8 cm³/mol. The maximum atomic E-state index is 12.1. The van der Waals surface area contributed by atoms with Crippen LogP contribution in [-0.2, 0) is 20.7 Å². The summed E-state index contributed by atoms with van der Waals surface area (Å²) in [6.07, 6.45) is -0.336. The summed E-state index contributed by atoms with van der Waals surface area (Å²) in [5, 5.41) is 10.9. The van der Waals surface area contributed by atoms with E-state index < -0.39 is 12.1 Å². The maximum absolute atomic E-state index is 12.1. The fourth-order valence-electron chi connectivity index (χ4n) is 1.93. The molecule has 0 spiro atoms. The normalized spacial score (nSPS) is 19.4. The number of nitrogens with zero attached hydrogens (tertiary/aromatic N) is 2. The first-order valence-corrected chi connectivity index (χ1v) is 6.73. The molecule has 1 fully saturated rings. The lowest BCUT2D eigenvalue weighted by Gasteiger charge is -2.32. The molecule has 1 aliphatic heterocycles. The van der Waals surface area contributed by atoms with Gasteiger partial charge in [-0.3, -0.25) is 9.59 Å². The van der Waals surface area contributed by atoms with E-state index in [9.17, 15) is 9.59 Å². The molecule has 8 heteroatoms. The molecule has 1 saturated heterocycles. The highest BCUT2D eigenvalue weighted by molar-refractivity contribution is 7.13. The minimum Gasteiger partial charge on any atom is -0.481 e. The number of hydrogen-bond donors (Lipinski definition) is 2. The van der Waals surface area contributed by atoms with Crippen molar-refractivity contribution in [3.05, 3.63) is 11.1 Å². The zero-order chi connectivity index (χ0) is 13.8. The Labute approximate surface area is 114 Å². The van der Waals surface area contributed by atoms with Gasteiger partial charge in [0, 0.05) is 18.5 Å². The summed E-state index contributed by atoms with van der Waals surface area (Å²) in [7, 11) is 0. The Morgan fingerprint density at radius 1 is 1.63 bits per heavy atom. The molecule has 1 atom stereocenters. The van der Waals surface area contributed by atoms with Crippen LogP contribution in [0.2, 0.25) is 0 Å². The number of thiazole rings is 1. The molecule has 0 radical (unpaired) electrons. The first kappa shape index (κ1) is 13.8. The summed E-state index contributed by atoms with van der Waals surface area (Å²) in [6, 6.07) is 0. The molecule has 0 bridgehead atoms. The molecule has 3 N–H and O–H groups in total. The number of aliphatic carboxylic acids is 1. The van der Waals surface area contributed by atoms with Crippen molar-refractivity contribution in [2.75, 3.05) is 25.4 Å². The van der Waals surface area contributed by atoms with E-state index in [4.69, 9.17) is 15.6 Å². The van der Waals surface area contributed by atoms with E-state index in [2.05, 4.69) is 4.98 Å². The number of nitrogen functional groups attached to an aromatic ring is 1. The van der Waals surface area contributed by atoms with Gasteiger partial charge in [-0.15, -0.1) is 11.3 Å². The summed E-state index contributed by atoms with van der Waals surface area (Å²) in [5.74, 6) is -1.00. The number of amides is 1. The van der Waals surface area contributed by atoms with Gasteiger partial charge in [0.15, 0.2) is 5.13 Å². The minimum atomic E-state index is -0.924. The Morgan fingerprint density at radius 3 is 3.05 bits per heavy atom. The Kier molecular flexibility index (Phi) is 4.33. The molecule has 0 aliphatic carbocycles. The molecule has 1 aromatic rings. The molecular weight excluding hydrogens is 270 g/mol. The topological polar surface area (TPSA) is 106 Å². The van der Waals surface area contributed by atoms with Gasteiger partial charge in [0.25, 0.3) is 0 Å². The Balaban J connectivity index is 1.89. The summed E-state index contributed by atoms with van der Waals surface area (Å²) in [6.45, 7) is 1.15. The van der Waals surface area contributed by atoms with Crippen molar-refractivity contribution < 1.29 is 19.4 Å². The molecule has 1 aromatic heterocycles. The fraction of sp³-hybridized carbons (Fsp3) is 0.545. The zero-order valence-corrected chi connectivity index (χ0v) is 11.1. The third-order valence-electron chi connectivity index (χ3n) is 2.80. The van der Waals surface area contributed by atoms with Gasteiger partial charge in [0.2, 0.25) is 5.91 Å². The van der Waals surface area contributed by atoms with Crippen LogP contribution in [0.4, 0.5) is 5.13 Å². The second kappa shape index (κ2) is 5.98. The van der Waals surface area contributed by atoms with Gasteiger partial charge < -0.3 is 20.5 Å². The van der Waals surface area contributed by atoms with Crippen LogP contribution < -0.4 is 5.73 Å². The first-order valence-electron chi connectivity index (χ1n) is 5.85. The SMILES string of the molecule is Nc1nc(CC(=O)N2CCOC(CC(=O)O)C2)cs1. The van der Waals surface area contributed by atoms with Crippen LogP contribution in [0, 0.1) is 0 Å². The van der Waals surface area contributed by atoms with E-state index in [-0.39, 0.29) is 18.7 Å². The summed E-state index contributed by atoms with van der Waals surface area (Å²) in [4.78, 5) is 28.3. The first-order chi connectivity index (χ1) is 9.04. The third kappa shape index (κ3) is 3.90. The number of morpholine rings is 1. The monoisotopic (exact) mass is 285 g/mol. The average molecular weight is 285 g/mol. The van der Waals surface area contributed by atoms with Gasteiger partial charge in [-0.05, 0) is 0 Å². The van der Waals surface area contributed by atoms with Crippen molar-refractivity contribution in [2.45, 2.75) is 18.9 Å². The van der Waals surface area contributed by atoms with Crippen LogP contribution in [0.15, 0.2) is 5.38 Å². The lowest BCUT2D eigenvalue weighted by atomic mass is 10.2. The number of carboxylic acids is 1. The number of carboxylic acid groups (broad SMARTS) is 1. The number of rotatable bonds is 4. The number of carbonyl (C=O) groups excluding carboxylic acids is 1. The van der Waals surface area contributed by atoms with Gasteiger partial charge in [0.1, 0.15) is 0 Å². The number of hydrogen-bond acceptors (Lipinski definition) is 6. The lowest BCUT2D eigenvalue weighted by Crippen LogP contribution is -2.46. The highest BCUT2D eigenvalue weighted by atomic mass is 32.1. The van der Waals surface area contributed by atoms with Crippen molar-refractivity contribution in [1.82, 2.24) is 9.88 Å². The summed E-state index contributed by atoms with van der Waals surface area (Å²) >= 11 is 1.30. The molecule has 1 aliphatic rings. The minimum absolute atomic E-state index is 0.0796. The van der Waals surface area contributed by atoms with E-state index in [0.717, 1.165) is 0 Å². The largest absolute Gasteiger partial charge is 0.481 e. The smallest absolute Gasteiger partial charge is 0.306 e. The van der Waals surface area contributed by atoms with Gasteiger partial charge in [0.05, 0.1) is 31.2 Å². The van der Waals surface area contributed by atoms with Crippen molar-refractivity contribution >= 4 is 28.3 Å². The van der Waals surface area contributed by atoms with Crippen LogP contribution in [0.5, 0.6) is 0 Å². The molecular formula is C11H15N3O4S. The molecule has 19 heavy (non-hydrogen) atoms. The van der Waals surface area contributed by atoms with Gasteiger partial charge in [-0.1, -0.05) is 0 Å². The Bertz CT molecular complexity index is 476. The van der Waals surface area contributed by atoms with Gasteiger partial charge in [-0.2, -0.15) is 0 Å². The lowest BCUT2D eigenvalue weighted by molar-refractivity contribution is -0.147. The van der Waals surface area contributed by atoms with Crippen molar-refractivity contribution in [2.24, 2.45) is 0 Å². The van der Waals surface area contributed by atoms with Crippen LogP contribution >= 0.6 is 11.3 Å². The molecule has 104 valence electrons. The number of aromatic nitrogens is 1. The highest BCUT2D eigenvalue weighted by Crippen LogP contribution is 2.14. The van der Waals surface area contributed by atoms with Crippen LogP contribution in [0.1, 0.15) is 12.1 Å². The Hall–Kier alpha value is -1.67. The quantitative estimate of drug-likeness (QED) is 0.804. The number of carbonyl (C=O) groups is 2. The van der Waals surface area contributed by atoms with E-state index in [1.807, 2.05) is 0 Å². The number of anilines is 1. The third-order valence-corrected chi connectivity index (χ3v) is 3.52. The van der Waals surface area contributed by atoms with E-state index in [1.165, 1.54) is 11.3 Å². The van der Waals surface area contributed by atoms with E-state index in [1.54, 1.807) is 10.3 Å². The zero-order valence-electron chi connectivity index (χ0n) is 10.2. The van der Waals surface area contributed by atoms with Gasteiger partial charge >= 0.3 is 5.97 Å². The summed E-state index contributed by atoms with van der Waals surface area (Å²) in [5.41, 5.74) is 6.15. The Morgan fingerprint density at radius 2 is 2.42 bits per heavy atom.